The molecule has 0 aromatic carbocycles. The van der Waals surface area contributed by atoms with Gasteiger partial charge in [0.2, 0.25) is 0 Å². The Hall–Kier alpha value is 2.93. The van der Waals surface area contributed by atoms with Gasteiger partial charge < -0.3 is 67.9 Å². The summed E-state index contributed by atoms with van der Waals surface area (Å²) in [5.74, 6) is 0. The molecule has 0 saturated carbocycles. The quantitative estimate of drug-likeness (QED) is 0.328. The molecule has 0 fully saturated rings. The molecule has 0 unspecified atom stereocenters. The molecule has 0 amide bonds. The first kappa shape index (κ1) is 65.4. The maximum atomic E-state index is 0. The Morgan fingerprint density at radius 3 is 0.500 bits per heavy atom. The van der Waals surface area contributed by atoms with E-state index in [1.807, 2.05) is 0 Å². The summed E-state index contributed by atoms with van der Waals surface area (Å²) in [4.78, 5) is 0. The third kappa shape index (κ3) is 28.4. The van der Waals surface area contributed by atoms with Crippen LogP contribution in [0.25, 0.3) is 0 Å². The summed E-state index contributed by atoms with van der Waals surface area (Å²) in [5, 5.41) is 0. The third-order valence-electron chi connectivity index (χ3n) is 0. The molecule has 0 rings (SSSR count). The number of hydrogen-bond donors (Lipinski definition) is 0. The van der Waals surface area contributed by atoms with Crippen molar-refractivity contribution in [1.29, 1.82) is 0 Å². The molecular weight excluding hydrogens is 442 g/mol. The maximum Gasteiger partial charge on any atom is 2.00 e. The zero-order valence-corrected chi connectivity index (χ0v) is 10.4. The largest absolute Gasteiger partial charge is 2.00 e. The Balaban J connectivity index is 0. The molecule has 0 aliphatic carbocycles. The van der Waals surface area contributed by atoms with E-state index in [0.29, 0.717) is 0 Å². The van der Waals surface area contributed by atoms with Crippen molar-refractivity contribution < 1.29 is 101 Å². The van der Waals surface area contributed by atoms with Gasteiger partial charge in [0.15, 0.2) is 0 Å². The molecule has 1 radical (unpaired) electrons. The smallest absolute Gasteiger partial charge is 1.00 e. The minimum Gasteiger partial charge on any atom is -1.00 e. The van der Waals surface area contributed by atoms with Crippen LogP contribution in [-0.2, 0) is 33.6 Å². The van der Waals surface area contributed by atoms with Gasteiger partial charge in [-0.25, -0.2) is 0 Å². The predicted molar refractivity (Wildman–Crippen MR) is 0 cm³/mol. The molecule has 0 atom stereocenters. The molecule has 6 heavy (non-hydrogen) atoms. The van der Waals surface area contributed by atoms with Gasteiger partial charge in [0.05, 0.1) is 0 Å². The first-order valence-corrected chi connectivity index (χ1v) is 0. The van der Waals surface area contributed by atoms with Crippen LogP contribution in [0.1, 0.15) is 0 Å². The summed E-state index contributed by atoms with van der Waals surface area (Å²) in [5.41, 5.74) is 0. The maximum absolute atomic E-state index is 0. The minimum absolute atomic E-state index is 0. The summed E-state index contributed by atoms with van der Waals surface area (Å²) in [6.45, 7) is 0. The molecule has 0 bridgehead atoms. The van der Waals surface area contributed by atoms with Crippen molar-refractivity contribution in [1.82, 2.24) is 0 Å². The van der Waals surface area contributed by atoms with E-state index in [2.05, 4.69) is 0 Å². The zero-order valence-electron chi connectivity index (χ0n) is 2.13. The zero-order chi connectivity index (χ0) is 0. The van der Waals surface area contributed by atoms with E-state index in [1.54, 1.807) is 0 Å². The van der Waals surface area contributed by atoms with E-state index in [0.717, 1.165) is 0 Å². The average Bonchev–Trinajstić information content (AvgIpc) is 0. The molecule has 0 aliphatic heterocycles. The minimum atomic E-state index is 0. The van der Waals surface area contributed by atoms with E-state index in [-0.39, 0.29) is 101 Å². The van der Waals surface area contributed by atoms with Gasteiger partial charge in [-0.15, -0.1) is 0 Å². The van der Waals surface area contributed by atoms with Crippen molar-refractivity contribution in [2.75, 3.05) is 0 Å². The fraction of sp³-hybridized carbons (Fsp3) is 0. The van der Waals surface area contributed by atoms with Crippen molar-refractivity contribution in [2.24, 2.45) is 0 Å². The fourth-order valence-corrected chi connectivity index (χ4v) is 0. The molecule has 0 spiro atoms. The van der Waals surface area contributed by atoms with Crippen LogP contribution >= 0.6 is 0 Å². The van der Waals surface area contributed by atoms with Crippen LogP contribution in [-0.4, -0.2) is 0 Å². The second-order valence-corrected chi connectivity index (χ2v) is 0. The molecule has 0 N–H and O–H groups in total. The summed E-state index contributed by atoms with van der Waals surface area (Å²) in [6, 6.07) is 0. The molecule has 6 heteroatoms. The Kier molecular flexibility index (Phi) is 483. The van der Waals surface area contributed by atoms with Crippen molar-refractivity contribution in [3.05, 3.63) is 0 Å². The van der Waals surface area contributed by atoms with Crippen LogP contribution in [0, 0.1) is 0 Å². The normalized spacial score (nSPS) is 0. The second-order valence-electron chi connectivity index (χ2n) is 0. The number of halogens is 4. The van der Waals surface area contributed by atoms with Crippen LogP contribution in [0.4, 0.5) is 0 Å². The summed E-state index contributed by atoms with van der Waals surface area (Å²) in [7, 11) is 0. The van der Waals surface area contributed by atoms with Crippen molar-refractivity contribution in [3.8, 4) is 0 Å². The standard InChI is InChI=1S/4BrH.Cu.Ni/h4*1H;;/q;;;;2*+2/p-4. The molecule has 0 nitrogen and oxygen atoms in total. The van der Waals surface area contributed by atoms with Gasteiger partial charge in [0, 0.05) is 0 Å². The van der Waals surface area contributed by atoms with Gasteiger partial charge in [-0.1, -0.05) is 0 Å². The Morgan fingerprint density at radius 2 is 0.500 bits per heavy atom. The average molecular weight is 442 g/mol. The van der Waals surface area contributed by atoms with E-state index in [1.165, 1.54) is 0 Å². The Labute approximate surface area is 100 Å². The van der Waals surface area contributed by atoms with Crippen LogP contribution < -0.4 is 67.9 Å². The predicted octanol–water partition coefficient (Wildman–Crippen LogP) is -12.0. The topological polar surface area (TPSA) is 0 Å². The number of hydrogen-bond acceptors (Lipinski definition) is 0. The van der Waals surface area contributed by atoms with E-state index in [4.69, 9.17) is 0 Å². The second kappa shape index (κ2) is 44.3. The first-order valence-electron chi connectivity index (χ1n) is 0. The molecule has 49 valence electrons. The number of rotatable bonds is 0. The Bertz CT molecular complexity index is 7.51. The molecular formula is Br4CuNi. The molecule has 0 heterocycles. The SMILES string of the molecule is [Br-].[Br-].[Br-].[Br-].[Cu+2].[Ni+2]. The molecule has 0 aliphatic rings. The summed E-state index contributed by atoms with van der Waals surface area (Å²) in [6.07, 6.45) is 0. The molecule has 0 aromatic rings. The van der Waals surface area contributed by atoms with Gasteiger partial charge >= 0.3 is 33.6 Å². The van der Waals surface area contributed by atoms with Gasteiger partial charge in [0.25, 0.3) is 0 Å². The van der Waals surface area contributed by atoms with Gasteiger partial charge in [-0.2, -0.15) is 0 Å². The van der Waals surface area contributed by atoms with Crippen molar-refractivity contribution in [2.45, 2.75) is 0 Å². The van der Waals surface area contributed by atoms with E-state index < -0.39 is 0 Å². The fourth-order valence-electron chi connectivity index (χ4n) is 0. The van der Waals surface area contributed by atoms with E-state index >= 15 is 0 Å². The summed E-state index contributed by atoms with van der Waals surface area (Å²) < 4.78 is 0. The first-order chi connectivity index (χ1) is 0. The molecule has 0 aromatic heterocycles. The van der Waals surface area contributed by atoms with Crippen molar-refractivity contribution in [3.63, 3.8) is 0 Å². The monoisotopic (exact) mass is 437 g/mol. The van der Waals surface area contributed by atoms with Gasteiger partial charge in [0.1, 0.15) is 0 Å². The third-order valence-corrected chi connectivity index (χ3v) is 0. The van der Waals surface area contributed by atoms with Gasteiger partial charge in [-0.3, -0.25) is 0 Å². The Morgan fingerprint density at radius 1 is 0.500 bits per heavy atom. The van der Waals surface area contributed by atoms with Gasteiger partial charge in [-0.05, 0) is 0 Å². The molecule has 0 saturated heterocycles. The van der Waals surface area contributed by atoms with Crippen LogP contribution in [0.15, 0.2) is 0 Å². The van der Waals surface area contributed by atoms with Crippen LogP contribution in [0.2, 0.25) is 0 Å². The van der Waals surface area contributed by atoms with Crippen LogP contribution in [0.3, 0.4) is 0 Å². The van der Waals surface area contributed by atoms with Crippen LogP contribution in [0.5, 0.6) is 0 Å². The van der Waals surface area contributed by atoms with E-state index in [9.17, 15) is 0 Å². The summed E-state index contributed by atoms with van der Waals surface area (Å²) >= 11 is 0. The van der Waals surface area contributed by atoms with Crippen molar-refractivity contribution >= 4 is 0 Å².